The zero-order valence-corrected chi connectivity index (χ0v) is 23.2. The highest BCUT2D eigenvalue weighted by molar-refractivity contribution is 6.03. The second kappa shape index (κ2) is 11.6. The fourth-order valence-electron chi connectivity index (χ4n) is 6.36. The van der Waals surface area contributed by atoms with E-state index >= 15 is 0 Å². The Hall–Kier alpha value is -3.70. The van der Waals surface area contributed by atoms with E-state index in [1.807, 2.05) is 0 Å². The average molecular weight is 549 g/mol. The normalized spacial score (nSPS) is 27.5. The molecule has 12 heteroatoms. The molecule has 0 radical (unpaired) electrons. The van der Waals surface area contributed by atoms with Crippen molar-refractivity contribution in [3.63, 3.8) is 0 Å². The maximum Gasteiger partial charge on any atom is 0.335 e. The molecule has 0 unspecified atom stereocenters. The molecule has 3 aliphatic carbocycles. The molecule has 12 nitrogen and oxygen atoms in total. The third kappa shape index (κ3) is 5.41. The van der Waals surface area contributed by atoms with E-state index in [0.29, 0.717) is 11.1 Å². The standard InChI is InChI=1S/C27H36N2O10/c1-7-38-22(32)20-16-9-10-26(24(34)36-5,28-14(3)30)11-17(16)18-12-27(25(35)37-6,29-15(4)31)13-19(18)21(20)23(33)39-8-2/h16,19H,7-13H2,1-6H3,(H,28,30)(H,29,31)/t16-,19+,26+,27-/m0/s1. The van der Waals surface area contributed by atoms with E-state index in [1.54, 1.807) is 13.8 Å². The van der Waals surface area contributed by atoms with Crippen LogP contribution in [0.2, 0.25) is 0 Å². The highest BCUT2D eigenvalue weighted by atomic mass is 16.5. The SMILES string of the molecule is CCOC(=O)C1=C(C(=O)OCC)[C@H]2CC[C@](NC(C)=O)(C(=O)OC)CC2=C2C[C@@](NC(C)=O)(C(=O)OC)C[C@H]21. The molecule has 0 saturated heterocycles. The molecule has 0 aromatic rings. The van der Waals surface area contributed by atoms with E-state index in [0.717, 1.165) is 0 Å². The van der Waals surface area contributed by atoms with Crippen LogP contribution in [-0.2, 0) is 47.7 Å². The van der Waals surface area contributed by atoms with Gasteiger partial charge in [0.1, 0.15) is 11.1 Å². The maximum atomic E-state index is 13.4. The lowest BCUT2D eigenvalue weighted by atomic mass is 9.63. The Bertz CT molecular complexity index is 1160. The summed E-state index contributed by atoms with van der Waals surface area (Å²) in [5.41, 5.74) is -1.56. The smallest absolute Gasteiger partial charge is 0.335 e. The van der Waals surface area contributed by atoms with Crippen LogP contribution in [0.1, 0.15) is 59.8 Å². The molecule has 2 fully saturated rings. The van der Waals surface area contributed by atoms with Gasteiger partial charge in [-0.3, -0.25) is 9.59 Å². The van der Waals surface area contributed by atoms with Crippen LogP contribution in [0.25, 0.3) is 0 Å². The van der Waals surface area contributed by atoms with Gasteiger partial charge in [-0.1, -0.05) is 11.1 Å². The lowest BCUT2D eigenvalue weighted by Gasteiger charge is -2.44. The van der Waals surface area contributed by atoms with Crippen molar-refractivity contribution < 1.29 is 47.7 Å². The van der Waals surface area contributed by atoms with Crippen LogP contribution in [-0.4, -0.2) is 74.2 Å². The van der Waals surface area contributed by atoms with Crippen LogP contribution in [0, 0.1) is 11.8 Å². The fourth-order valence-corrected chi connectivity index (χ4v) is 6.36. The second-order valence-corrected chi connectivity index (χ2v) is 10.0. The number of hydrogen-bond donors (Lipinski definition) is 2. The quantitative estimate of drug-likeness (QED) is 0.254. The Morgan fingerprint density at radius 1 is 0.744 bits per heavy atom. The van der Waals surface area contributed by atoms with E-state index in [1.165, 1.54) is 28.1 Å². The first kappa shape index (κ1) is 29.9. The summed E-state index contributed by atoms with van der Waals surface area (Å²) in [6.07, 6.45) is 0.201. The zero-order chi connectivity index (χ0) is 29.1. The molecule has 2 saturated carbocycles. The molecule has 0 spiro atoms. The third-order valence-corrected chi connectivity index (χ3v) is 7.61. The summed E-state index contributed by atoms with van der Waals surface area (Å²) < 4.78 is 20.8. The van der Waals surface area contributed by atoms with Gasteiger partial charge in [-0.25, -0.2) is 19.2 Å². The van der Waals surface area contributed by atoms with Gasteiger partial charge in [0.25, 0.3) is 0 Å². The largest absolute Gasteiger partial charge is 0.467 e. The zero-order valence-electron chi connectivity index (χ0n) is 23.2. The first-order valence-electron chi connectivity index (χ1n) is 12.9. The number of rotatable bonds is 8. The van der Waals surface area contributed by atoms with Crippen LogP contribution in [0.4, 0.5) is 0 Å². The van der Waals surface area contributed by atoms with E-state index in [9.17, 15) is 28.8 Å². The van der Waals surface area contributed by atoms with E-state index in [-0.39, 0.29) is 56.5 Å². The molecule has 0 bridgehead atoms. The summed E-state index contributed by atoms with van der Waals surface area (Å²) >= 11 is 0. The molecule has 0 heterocycles. The molecule has 2 N–H and O–H groups in total. The van der Waals surface area contributed by atoms with E-state index in [2.05, 4.69) is 10.6 Å². The molecular formula is C27H36N2O10. The summed E-state index contributed by atoms with van der Waals surface area (Å²) in [6, 6.07) is 0. The minimum Gasteiger partial charge on any atom is -0.467 e. The minimum atomic E-state index is -1.53. The Morgan fingerprint density at radius 3 is 1.67 bits per heavy atom. The summed E-state index contributed by atoms with van der Waals surface area (Å²) in [5.74, 6) is -5.19. The summed E-state index contributed by atoms with van der Waals surface area (Å²) in [7, 11) is 2.41. The predicted octanol–water partition coefficient (Wildman–Crippen LogP) is 1.03. The maximum absolute atomic E-state index is 13.4. The van der Waals surface area contributed by atoms with Gasteiger partial charge >= 0.3 is 23.9 Å². The van der Waals surface area contributed by atoms with Crippen LogP contribution in [0.3, 0.4) is 0 Å². The Balaban J connectivity index is 2.32. The predicted molar refractivity (Wildman–Crippen MR) is 135 cm³/mol. The van der Waals surface area contributed by atoms with Gasteiger partial charge in [0.2, 0.25) is 11.8 Å². The number of methoxy groups -OCH3 is 2. The molecule has 3 rings (SSSR count). The Kier molecular flexibility index (Phi) is 8.87. The van der Waals surface area contributed by atoms with Crippen molar-refractivity contribution in [2.75, 3.05) is 27.4 Å². The minimum absolute atomic E-state index is 0.0217. The second-order valence-electron chi connectivity index (χ2n) is 10.0. The molecule has 0 aliphatic heterocycles. The first-order chi connectivity index (χ1) is 18.4. The van der Waals surface area contributed by atoms with Crippen LogP contribution >= 0.6 is 0 Å². The van der Waals surface area contributed by atoms with Gasteiger partial charge < -0.3 is 29.6 Å². The molecular weight excluding hydrogens is 512 g/mol. The number of amides is 2. The van der Waals surface area contributed by atoms with Gasteiger partial charge in [-0.05, 0) is 33.1 Å². The van der Waals surface area contributed by atoms with Crippen molar-refractivity contribution in [1.29, 1.82) is 0 Å². The van der Waals surface area contributed by atoms with Crippen molar-refractivity contribution in [3.05, 3.63) is 22.3 Å². The van der Waals surface area contributed by atoms with Gasteiger partial charge in [-0.15, -0.1) is 0 Å². The van der Waals surface area contributed by atoms with Gasteiger partial charge in [0.15, 0.2) is 0 Å². The molecule has 39 heavy (non-hydrogen) atoms. The third-order valence-electron chi connectivity index (χ3n) is 7.61. The number of nitrogens with one attached hydrogen (secondary N) is 2. The topological polar surface area (TPSA) is 163 Å². The Labute approximate surface area is 226 Å². The monoisotopic (exact) mass is 548 g/mol. The summed E-state index contributed by atoms with van der Waals surface area (Å²) in [4.78, 5) is 77.3. The summed E-state index contributed by atoms with van der Waals surface area (Å²) in [6.45, 7) is 5.93. The number of fused-ring (bicyclic) bond motifs is 2. The van der Waals surface area contributed by atoms with E-state index in [4.69, 9.17) is 18.9 Å². The number of carbonyl (C=O) groups excluding carboxylic acids is 6. The number of carbonyl (C=O) groups is 6. The van der Waals surface area contributed by atoms with Crippen LogP contribution in [0.5, 0.6) is 0 Å². The van der Waals surface area contributed by atoms with Crippen molar-refractivity contribution in [3.8, 4) is 0 Å². The molecule has 2 amide bonds. The van der Waals surface area contributed by atoms with Crippen molar-refractivity contribution in [1.82, 2.24) is 10.6 Å². The Morgan fingerprint density at radius 2 is 1.18 bits per heavy atom. The molecule has 0 aromatic heterocycles. The van der Waals surface area contributed by atoms with Gasteiger partial charge in [-0.2, -0.15) is 0 Å². The lowest BCUT2D eigenvalue weighted by Crippen LogP contribution is -2.57. The van der Waals surface area contributed by atoms with E-state index < -0.39 is 58.6 Å². The van der Waals surface area contributed by atoms with Crippen LogP contribution in [0.15, 0.2) is 22.3 Å². The molecule has 0 aromatic carbocycles. The number of esters is 4. The van der Waals surface area contributed by atoms with Crippen molar-refractivity contribution in [2.24, 2.45) is 11.8 Å². The lowest BCUT2D eigenvalue weighted by molar-refractivity contribution is -0.152. The summed E-state index contributed by atoms with van der Waals surface area (Å²) in [5, 5.41) is 5.44. The number of ether oxygens (including phenoxy) is 4. The highest BCUT2D eigenvalue weighted by Gasteiger charge is 2.58. The average Bonchev–Trinajstić information content (AvgIpc) is 3.26. The molecule has 214 valence electrons. The fraction of sp³-hybridized carbons (Fsp3) is 0.630. The van der Waals surface area contributed by atoms with Gasteiger partial charge in [0, 0.05) is 38.5 Å². The number of hydrogen-bond acceptors (Lipinski definition) is 10. The molecule has 4 atom stereocenters. The van der Waals surface area contributed by atoms with Crippen LogP contribution < -0.4 is 10.6 Å². The first-order valence-corrected chi connectivity index (χ1v) is 12.9. The van der Waals surface area contributed by atoms with Gasteiger partial charge in [0.05, 0.1) is 38.6 Å². The highest BCUT2D eigenvalue weighted by Crippen LogP contribution is 2.56. The molecule has 3 aliphatic rings. The van der Waals surface area contributed by atoms with Crippen molar-refractivity contribution in [2.45, 2.75) is 70.9 Å². The van der Waals surface area contributed by atoms with Crippen molar-refractivity contribution >= 4 is 35.7 Å².